The van der Waals surface area contributed by atoms with E-state index in [1.807, 2.05) is 6.07 Å². The van der Waals surface area contributed by atoms with Gasteiger partial charge in [-0.3, -0.25) is 0 Å². The topological polar surface area (TPSA) is 18.5 Å². The summed E-state index contributed by atoms with van der Waals surface area (Å²) in [5.74, 6) is 1.88. The molecule has 26 heavy (non-hydrogen) atoms. The van der Waals surface area contributed by atoms with Crippen molar-refractivity contribution in [1.29, 1.82) is 0 Å². The number of rotatable bonds is 8. The molecule has 0 radical (unpaired) electrons. The number of ether oxygens (including phenoxy) is 2. The van der Waals surface area contributed by atoms with Crippen molar-refractivity contribution < 1.29 is 9.47 Å². The maximum absolute atomic E-state index is 5.98. The van der Waals surface area contributed by atoms with Crippen LogP contribution in [0.1, 0.15) is 52.2 Å². The van der Waals surface area contributed by atoms with E-state index in [2.05, 4.69) is 77.1 Å². The van der Waals surface area contributed by atoms with Gasteiger partial charge in [-0.1, -0.05) is 58.9 Å². The van der Waals surface area contributed by atoms with Crippen molar-refractivity contribution in [1.82, 2.24) is 0 Å². The van der Waals surface area contributed by atoms with Crippen molar-refractivity contribution >= 4 is 0 Å². The molecule has 142 valence electrons. The van der Waals surface area contributed by atoms with E-state index in [9.17, 15) is 0 Å². The molecular weight excluding hydrogens is 320 g/mol. The van der Waals surface area contributed by atoms with E-state index >= 15 is 0 Å². The summed E-state index contributed by atoms with van der Waals surface area (Å²) in [6.07, 6.45) is 3.10. The highest BCUT2D eigenvalue weighted by molar-refractivity contribution is 5.29. The molecule has 0 amide bonds. The van der Waals surface area contributed by atoms with Crippen LogP contribution in [0.3, 0.4) is 0 Å². The first-order chi connectivity index (χ1) is 12.2. The van der Waals surface area contributed by atoms with E-state index in [4.69, 9.17) is 9.47 Å². The van der Waals surface area contributed by atoms with Crippen LogP contribution in [0.5, 0.6) is 11.5 Å². The normalized spacial score (nSPS) is 12.1. The number of methoxy groups -OCH3 is 1. The van der Waals surface area contributed by atoms with Gasteiger partial charge in [0.2, 0.25) is 0 Å². The summed E-state index contributed by atoms with van der Waals surface area (Å²) in [4.78, 5) is 0. The lowest BCUT2D eigenvalue weighted by atomic mass is 9.83. The van der Waals surface area contributed by atoms with Gasteiger partial charge in [-0.2, -0.15) is 0 Å². The molecule has 2 nitrogen and oxygen atoms in total. The third-order valence-corrected chi connectivity index (χ3v) is 4.52. The van der Waals surface area contributed by atoms with Crippen LogP contribution in [0.25, 0.3) is 0 Å². The van der Waals surface area contributed by atoms with Gasteiger partial charge in [-0.15, -0.1) is 0 Å². The molecule has 0 aliphatic carbocycles. The smallest absolute Gasteiger partial charge is 0.119 e. The lowest BCUT2D eigenvalue weighted by molar-refractivity contribution is 0.227. The Bertz CT molecular complexity index is 678. The Morgan fingerprint density at radius 2 is 1.46 bits per heavy atom. The van der Waals surface area contributed by atoms with Gasteiger partial charge >= 0.3 is 0 Å². The average Bonchev–Trinajstić information content (AvgIpc) is 2.54. The Kier molecular flexibility index (Phi) is 6.75. The van der Waals surface area contributed by atoms with Crippen LogP contribution in [-0.2, 0) is 12.8 Å². The summed E-state index contributed by atoms with van der Waals surface area (Å²) in [5.41, 5.74) is 3.16. The third-order valence-electron chi connectivity index (χ3n) is 4.52. The summed E-state index contributed by atoms with van der Waals surface area (Å²) in [5, 5.41) is 0. The maximum atomic E-state index is 5.98. The summed E-state index contributed by atoms with van der Waals surface area (Å²) in [7, 11) is 1.71. The molecule has 2 aromatic rings. The first kappa shape index (κ1) is 20.4. The number of benzene rings is 2. The molecule has 0 aromatic heterocycles. The molecule has 2 rings (SSSR count). The van der Waals surface area contributed by atoms with Crippen molar-refractivity contribution in [3.8, 4) is 11.5 Å². The van der Waals surface area contributed by atoms with Crippen molar-refractivity contribution in [2.24, 2.45) is 10.8 Å². The molecule has 0 bridgehead atoms. The lowest BCUT2D eigenvalue weighted by Crippen LogP contribution is -2.18. The quantitative estimate of drug-likeness (QED) is 0.552. The molecule has 0 N–H and O–H groups in total. The highest BCUT2D eigenvalue weighted by Crippen LogP contribution is 2.28. The highest BCUT2D eigenvalue weighted by Gasteiger charge is 2.19. The SMILES string of the molecule is COc1cccc(CC(C)(C)CCOc2ccc(CC(C)(C)C)cc2)c1. The summed E-state index contributed by atoms with van der Waals surface area (Å²) in [6, 6.07) is 16.9. The molecule has 2 heteroatoms. The van der Waals surface area contributed by atoms with Gasteiger partial charge in [0, 0.05) is 0 Å². The molecule has 0 aliphatic rings. The zero-order valence-corrected chi connectivity index (χ0v) is 17.3. The average molecular weight is 355 g/mol. The molecule has 0 spiro atoms. The molecule has 0 unspecified atom stereocenters. The third kappa shape index (κ3) is 7.11. The molecule has 0 fully saturated rings. The molecule has 0 saturated carbocycles. The zero-order valence-electron chi connectivity index (χ0n) is 17.3. The van der Waals surface area contributed by atoms with E-state index in [1.54, 1.807) is 7.11 Å². The lowest BCUT2D eigenvalue weighted by Gasteiger charge is -2.25. The molecule has 0 saturated heterocycles. The Morgan fingerprint density at radius 3 is 2.08 bits per heavy atom. The molecule has 0 aliphatic heterocycles. The van der Waals surface area contributed by atoms with E-state index in [-0.39, 0.29) is 5.41 Å². The summed E-state index contributed by atoms with van der Waals surface area (Å²) in [6.45, 7) is 12.1. The van der Waals surface area contributed by atoms with Crippen LogP contribution < -0.4 is 9.47 Å². The second-order valence-corrected chi connectivity index (χ2v) is 9.17. The van der Waals surface area contributed by atoms with E-state index in [0.29, 0.717) is 5.41 Å². The van der Waals surface area contributed by atoms with Gasteiger partial charge in [0.1, 0.15) is 11.5 Å². The van der Waals surface area contributed by atoms with E-state index in [1.165, 1.54) is 11.1 Å². The first-order valence-corrected chi connectivity index (χ1v) is 9.52. The Morgan fingerprint density at radius 1 is 0.769 bits per heavy atom. The van der Waals surface area contributed by atoms with Crippen LogP contribution in [-0.4, -0.2) is 13.7 Å². The maximum Gasteiger partial charge on any atom is 0.119 e. The Balaban J connectivity index is 1.83. The van der Waals surface area contributed by atoms with Gasteiger partial charge < -0.3 is 9.47 Å². The minimum absolute atomic E-state index is 0.179. The van der Waals surface area contributed by atoms with Gasteiger partial charge in [0.05, 0.1) is 13.7 Å². The summed E-state index contributed by atoms with van der Waals surface area (Å²) >= 11 is 0. The fraction of sp³-hybridized carbons (Fsp3) is 0.500. The zero-order chi connectivity index (χ0) is 19.2. The number of hydrogen-bond acceptors (Lipinski definition) is 2. The predicted octanol–water partition coefficient (Wildman–Crippen LogP) is 6.32. The largest absolute Gasteiger partial charge is 0.497 e. The van der Waals surface area contributed by atoms with Crippen LogP contribution in [0, 0.1) is 10.8 Å². The van der Waals surface area contributed by atoms with Crippen LogP contribution >= 0.6 is 0 Å². The predicted molar refractivity (Wildman–Crippen MR) is 110 cm³/mol. The monoisotopic (exact) mass is 354 g/mol. The van der Waals surface area contributed by atoms with Crippen LogP contribution in [0.4, 0.5) is 0 Å². The van der Waals surface area contributed by atoms with Crippen molar-refractivity contribution in [3.05, 3.63) is 59.7 Å². The van der Waals surface area contributed by atoms with Gasteiger partial charge in [-0.25, -0.2) is 0 Å². The summed E-state index contributed by atoms with van der Waals surface area (Å²) < 4.78 is 11.3. The second kappa shape index (κ2) is 8.62. The minimum atomic E-state index is 0.179. The standard InChI is InChI=1S/C24H34O2/c1-23(2,3)17-19-10-12-21(13-11-19)26-15-14-24(4,5)18-20-8-7-9-22(16-20)25-6/h7-13,16H,14-15,17-18H2,1-6H3. The van der Waals surface area contributed by atoms with Crippen LogP contribution in [0.2, 0.25) is 0 Å². The van der Waals surface area contributed by atoms with Crippen molar-refractivity contribution in [2.75, 3.05) is 13.7 Å². The van der Waals surface area contributed by atoms with Crippen LogP contribution in [0.15, 0.2) is 48.5 Å². The fourth-order valence-corrected chi connectivity index (χ4v) is 3.18. The second-order valence-electron chi connectivity index (χ2n) is 9.17. The van der Waals surface area contributed by atoms with Gasteiger partial charge in [0.25, 0.3) is 0 Å². The van der Waals surface area contributed by atoms with Crippen molar-refractivity contribution in [2.45, 2.75) is 53.9 Å². The first-order valence-electron chi connectivity index (χ1n) is 9.52. The fourth-order valence-electron chi connectivity index (χ4n) is 3.18. The van der Waals surface area contributed by atoms with Crippen molar-refractivity contribution in [3.63, 3.8) is 0 Å². The number of hydrogen-bond donors (Lipinski definition) is 0. The van der Waals surface area contributed by atoms with Gasteiger partial charge in [0.15, 0.2) is 0 Å². The molecule has 2 aromatic carbocycles. The molecular formula is C24H34O2. The minimum Gasteiger partial charge on any atom is -0.497 e. The van der Waals surface area contributed by atoms with Gasteiger partial charge in [-0.05, 0) is 65.5 Å². The van der Waals surface area contributed by atoms with E-state index in [0.717, 1.165) is 37.4 Å². The highest BCUT2D eigenvalue weighted by atomic mass is 16.5. The molecule has 0 heterocycles. The Labute approximate surface area is 159 Å². The molecule has 0 atom stereocenters. The Hall–Kier alpha value is -1.96. The van der Waals surface area contributed by atoms with E-state index < -0.39 is 0 Å².